The molecular weight excluding hydrogens is 268 g/mol. The lowest BCUT2D eigenvalue weighted by atomic mass is 10.2. The van der Waals surface area contributed by atoms with Crippen LogP contribution in [0.3, 0.4) is 0 Å². The average Bonchev–Trinajstić information content (AvgIpc) is 2.80. The first-order valence-electron chi connectivity index (χ1n) is 6.06. The molecule has 0 aliphatic carbocycles. The molecule has 0 spiro atoms. The lowest BCUT2D eigenvalue weighted by Crippen LogP contribution is -2.41. The van der Waals surface area contributed by atoms with Crippen LogP contribution in [0.2, 0.25) is 0 Å². The van der Waals surface area contributed by atoms with Crippen molar-refractivity contribution in [1.82, 2.24) is 20.8 Å². The molecule has 0 aliphatic heterocycles. The molecule has 1 unspecified atom stereocenters. The zero-order valence-corrected chi connectivity index (χ0v) is 11.4. The van der Waals surface area contributed by atoms with E-state index in [1.165, 1.54) is 7.11 Å². The number of nitrogens with one attached hydrogen (secondary N) is 2. The molecule has 9 nitrogen and oxygen atoms in total. The number of amides is 2. The maximum atomic E-state index is 11.5. The largest absolute Gasteiger partial charge is 0.481 e. The van der Waals surface area contributed by atoms with Crippen LogP contribution in [-0.2, 0) is 16.0 Å². The minimum atomic E-state index is -0.981. The summed E-state index contributed by atoms with van der Waals surface area (Å²) in [6.45, 7) is 2.17. The van der Waals surface area contributed by atoms with Gasteiger partial charge in [0.15, 0.2) is 5.82 Å². The molecule has 0 saturated heterocycles. The van der Waals surface area contributed by atoms with E-state index in [0.717, 1.165) is 0 Å². The molecule has 20 heavy (non-hydrogen) atoms. The Morgan fingerprint density at radius 3 is 2.75 bits per heavy atom. The highest BCUT2D eigenvalue weighted by Gasteiger charge is 2.13. The van der Waals surface area contributed by atoms with Gasteiger partial charge in [-0.15, -0.1) is 0 Å². The molecule has 1 aromatic heterocycles. The van der Waals surface area contributed by atoms with Crippen molar-refractivity contribution in [3.05, 3.63) is 11.7 Å². The number of aliphatic carboxylic acids is 1. The molecule has 9 heteroatoms. The Morgan fingerprint density at radius 2 is 2.20 bits per heavy atom. The third kappa shape index (κ3) is 6.14. The van der Waals surface area contributed by atoms with Crippen LogP contribution in [0, 0.1) is 6.92 Å². The van der Waals surface area contributed by atoms with E-state index in [9.17, 15) is 9.59 Å². The highest BCUT2D eigenvalue weighted by atomic mass is 16.5. The zero-order chi connectivity index (χ0) is 15.0. The number of aryl methyl sites for hydroxylation is 1. The first kappa shape index (κ1) is 15.9. The Bertz CT molecular complexity index is 448. The molecular formula is C11H18N4O5. The van der Waals surface area contributed by atoms with Gasteiger partial charge in [0.1, 0.15) is 0 Å². The number of ether oxygens (including phenoxy) is 1. The van der Waals surface area contributed by atoms with Crippen molar-refractivity contribution < 1.29 is 24.0 Å². The van der Waals surface area contributed by atoms with Gasteiger partial charge in [-0.25, -0.2) is 4.79 Å². The molecule has 0 fully saturated rings. The number of methoxy groups -OCH3 is 1. The molecule has 112 valence electrons. The number of hydrogen-bond donors (Lipinski definition) is 3. The SMILES string of the molecule is COC(CNC(=O)NCCc1nc(C)no1)CC(=O)O. The van der Waals surface area contributed by atoms with Gasteiger partial charge in [0, 0.05) is 26.6 Å². The quantitative estimate of drug-likeness (QED) is 0.599. The van der Waals surface area contributed by atoms with E-state index in [2.05, 4.69) is 20.8 Å². The molecule has 1 heterocycles. The summed E-state index contributed by atoms with van der Waals surface area (Å²) < 4.78 is 9.82. The summed E-state index contributed by atoms with van der Waals surface area (Å²) in [5.41, 5.74) is 0. The highest BCUT2D eigenvalue weighted by Crippen LogP contribution is 1.96. The molecule has 3 N–H and O–H groups in total. The molecule has 0 aromatic carbocycles. The molecule has 0 aliphatic rings. The monoisotopic (exact) mass is 286 g/mol. The second kappa shape index (κ2) is 8.10. The van der Waals surface area contributed by atoms with Gasteiger partial charge in [-0.1, -0.05) is 5.16 Å². The van der Waals surface area contributed by atoms with E-state index < -0.39 is 18.1 Å². The van der Waals surface area contributed by atoms with Crippen molar-refractivity contribution >= 4 is 12.0 Å². The first-order chi connectivity index (χ1) is 9.51. The van der Waals surface area contributed by atoms with E-state index >= 15 is 0 Å². The topological polar surface area (TPSA) is 127 Å². The van der Waals surface area contributed by atoms with Crippen LogP contribution >= 0.6 is 0 Å². The summed E-state index contributed by atoms with van der Waals surface area (Å²) in [6.07, 6.45) is -0.299. The number of carbonyl (C=O) groups excluding carboxylic acids is 1. The fourth-order valence-corrected chi connectivity index (χ4v) is 1.43. The smallest absolute Gasteiger partial charge is 0.314 e. The van der Waals surface area contributed by atoms with Crippen molar-refractivity contribution in [3.63, 3.8) is 0 Å². The summed E-state index contributed by atoms with van der Waals surface area (Å²) in [5, 5.41) is 17.4. The van der Waals surface area contributed by atoms with E-state index in [-0.39, 0.29) is 13.0 Å². The van der Waals surface area contributed by atoms with E-state index in [4.69, 9.17) is 14.4 Å². The average molecular weight is 286 g/mol. The number of carboxylic acids is 1. The number of carboxylic acid groups (broad SMARTS) is 1. The Kier molecular flexibility index (Phi) is 6.44. The third-order valence-electron chi connectivity index (χ3n) is 2.42. The number of aromatic nitrogens is 2. The van der Waals surface area contributed by atoms with Gasteiger partial charge >= 0.3 is 12.0 Å². The molecule has 0 bridgehead atoms. The summed E-state index contributed by atoms with van der Waals surface area (Å²) in [5.74, 6) is 0.00956. The lowest BCUT2D eigenvalue weighted by molar-refractivity contribution is -0.139. The highest BCUT2D eigenvalue weighted by molar-refractivity contribution is 5.74. The fourth-order valence-electron chi connectivity index (χ4n) is 1.43. The predicted molar refractivity (Wildman–Crippen MR) is 67.2 cm³/mol. The summed E-state index contributed by atoms with van der Waals surface area (Å²) in [6, 6.07) is -0.409. The number of carbonyl (C=O) groups is 2. The molecule has 1 aromatic rings. The van der Waals surface area contributed by atoms with Gasteiger partial charge in [-0.05, 0) is 6.92 Å². The van der Waals surface area contributed by atoms with E-state index in [1.54, 1.807) is 6.92 Å². The lowest BCUT2D eigenvalue weighted by Gasteiger charge is -2.14. The minimum Gasteiger partial charge on any atom is -0.481 e. The number of urea groups is 1. The summed E-state index contributed by atoms with van der Waals surface area (Å²) in [7, 11) is 1.39. The predicted octanol–water partition coefficient (Wildman–Crippen LogP) is -0.291. The van der Waals surface area contributed by atoms with E-state index in [0.29, 0.717) is 24.7 Å². The van der Waals surface area contributed by atoms with Gasteiger partial charge < -0.3 is 25.0 Å². The Morgan fingerprint density at radius 1 is 1.45 bits per heavy atom. The maximum Gasteiger partial charge on any atom is 0.314 e. The van der Waals surface area contributed by atoms with Gasteiger partial charge in [-0.2, -0.15) is 4.98 Å². The number of nitrogens with zero attached hydrogens (tertiary/aromatic N) is 2. The van der Waals surface area contributed by atoms with Crippen LogP contribution in [0.15, 0.2) is 4.52 Å². The minimum absolute atomic E-state index is 0.119. The van der Waals surface area contributed by atoms with Crippen LogP contribution in [-0.4, -0.2) is 53.6 Å². The molecule has 1 rings (SSSR count). The van der Waals surface area contributed by atoms with Crippen LogP contribution in [0.5, 0.6) is 0 Å². The maximum absolute atomic E-state index is 11.5. The Hall–Kier alpha value is -2.16. The van der Waals surface area contributed by atoms with Crippen molar-refractivity contribution in [2.75, 3.05) is 20.2 Å². The van der Waals surface area contributed by atoms with Crippen molar-refractivity contribution in [2.45, 2.75) is 25.9 Å². The molecule has 1 atom stereocenters. The second-order valence-electron chi connectivity index (χ2n) is 4.08. The van der Waals surface area contributed by atoms with Crippen LogP contribution in [0.4, 0.5) is 4.79 Å². The summed E-state index contributed by atoms with van der Waals surface area (Å²) in [4.78, 5) is 26.0. The first-order valence-corrected chi connectivity index (χ1v) is 6.06. The fraction of sp³-hybridized carbons (Fsp3) is 0.636. The Labute approximate surface area is 115 Å². The van der Waals surface area contributed by atoms with Crippen LogP contribution in [0.1, 0.15) is 18.1 Å². The second-order valence-corrected chi connectivity index (χ2v) is 4.08. The van der Waals surface area contributed by atoms with E-state index in [1.807, 2.05) is 0 Å². The van der Waals surface area contributed by atoms with Gasteiger partial charge in [0.2, 0.25) is 5.89 Å². The van der Waals surface area contributed by atoms with Gasteiger partial charge in [0.25, 0.3) is 0 Å². The number of rotatable bonds is 8. The van der Waals surface area contributed by atoms with Crippen molar-refractivity contribution in [3.8, 4) is 0 Å². The molecule has 2 amide bonds. The van der Waals surface area contributed by atoms with Crippen LogP contribution in [0.25, 0.3) is 0 Å². The van der Waals surface area contributed by atoms with Crippen molar-refractivity contribution in [1.29, 1.82) is 0 Å². The van der Waals surface area contributed by atoms with Crippen LogP contribution < -0.4 is 10.6 Å². The summed E-state index contributed by atoms with van der Waals surface area (Å²) >= 11 is 0. The molecule has 0 saturated carbocycles. The zero-order valence-electron chi connectivity index (χ0n) is 11.4. The third-order valence-corrected chi connectivity index (χ3v) is 2.42. The normalized spacial score (nSPS) is 11.9. The van der Waals surface area contributed by atoms with Gasteiger partial charge in [-0.3, -0.25) is 4.79 Å². The Balaban J connectivity index is 2.18. The van der Waals surface area contributed by atoms with Crippen molar-refractivity contribution in [2.24, 2.45) is 0 Å². The van der Waals surface area contributed by atoms with Gasteiger partial charge in [0.05, 0.1) is 12.5 Å². The number of hydrogen-bond acceptors (Lipinski definition) is 6. The standard InChI is InChI=1S/C11H18N4O5/c1-7-14-9(20-15-7)3-4-12-11(18)13-6-8(19-2)5-10(16)17/h8H,3-6H2,1-2H3,(H,16,17)(H2,12,13,18). The molecule has 0 radical (unpaired) electrons.